The van der Waals surface area contributed by atoms with E-state index in [9.17, 15) is 14.0 Å². The maximum Gasteiger partial charge on any atom is 0.244 e. The molecule has 0 atom stereocenters. The Bertz CT molecular complexity index is 749. The van der Waals surface area contributed by atoms with E-state index in [-0.39, 0.29) is 12.5 Å². The number of halogens is 1. The summed E-state index contributed by atoms with van der Waals surface area (Å²) in [5.41, 5.74) is 1.43. The number of nitrogens with one attached hydrogen (secondary N) is 1. The Kier molecular flexibility index (Phi) is 5.05. The van der Waals surface area contributed by atoms with E-state index in [0.717, 1.165) is 0 Å². The number of hydrogen-bond acceptors (Lipinski definition) is 3. The third kappa shape index (κ3) is 4.38. The SMILES string of the molecule is CC(=O)N(CC(=O)Nc1ccc(F)cc1)c1ccc(C#N)cc1. The predicted molar refractivity (Wildman–Crippen MR) is 84.2 cm³/mol. The number of rotatable bonds is 4. The van der Waals surface area contributed by atoms with Crippen LogP contribution in [0.5, 0.6) is 0 Å². The molecule has 0 radical (unpaired) electrons. The monoisotopic (exact) mass is 311 g/mol. The number of carbonyl (C=O) groups is 2. The molecular weight excluding hydrogens is 297 g/mol. The Hall–Kier alpha value is -3.20. The standard InChI is InChI=1S/C17H14FN3O2/c1-12(22)21(16-8-2-13(10-19)3-9-16)11-17(23)20-15-6-4-14(18)5-7-15/h2-9H,11H2,1H3,(H,20,23). The zero-order valence-electron chi connectivity index (χ0n) is 12.4. The van der Waals surface area contributed by atoms with Gasteiger partial charge < -0.3 is 10.2 Å². The van der Waals surface area contributed by atoms with Gasteiger partial charge in [-0.3, -0.25) is 9.59 Å². The van der Waals surface area contributed by atoms with Crippen LogP contribution in [0.15, 0.2) is 48.5 Å². The molecule has 0 heterocycles. The van der Waals surface area contributed by atoms with Crippen molar-refractivity contribution in [2.75, 3.05) is 16.8 Å². The van der Waals surface area contributed by atoms with Crippen LogP contribution in [-0.2, 0) is 9.59 Å². The van der Waals surface area contributed by atoms with Crippen molar-refractivity contribution in [2.45, 2.75) is 6.92 Å². The van der Waals surface area contributed by atoms with Crippen molar-refractivity contribution >= 4 is 23.2 Å². The first kappa shape index (κ1) is 16.2. The summed E-state index contributed by atoms with van der Waals surface area (Å²) in [6.45, 7) is 1.17. The van der Waals surface area contributed by atoms with Crippen molar-refractivity contribution < 1.29 is 14.0 Å². The minimum atomic E-state index is -0.406. The number of carbonyl (C=O) groups excluding carboxylic acids is 2. The fourth-order valence-corrected chi connectivity index (χ4v) is 1.98. The molecule has 0 spiro atoms. The van der Waals surface area contributed by atoms with Gasteiger partial charge in [0.1, 0.15) is 12.4 Å². The summed E-state index contributed by atoms with van der Waals surface area (Å²) in [5.74, 6) is -1.11. The lowest BCUT2D eigenvalue weighted by atomic mass is 10.2. The molecule has 1 N–H and O–H groups in total. The highest BCUT2D eigenvalue weighted by Crippen LogP contribution is 2.16. The van der Waals surface area contributed by atoms with Gasteiger partial charge in [-0.05, 0) is 48.5 Å². The number of nitriles is 1. The van der Waals surface area contributed by atoms with Crippen LogP contribution in [0.4, 0.5) is 15.8 Å². The van der Waals surface area contributed by atoms with Crippen LogP contribution < -0.4 is 10.2 Å². The fraction of sp³-hybridized carbons (Fsp3) is 0.118. The average molecular weight is 311 g/mol. The molecule has 116 valence electrons. The molecular formula is C17H14FN3O2. The summed E-state index contributed by atoms with van der Waals surface area (Å²) >= 11 is 0. The third-order valence-electron chi connectivity index (χ3n) is 3.12. The van der Waals surface area contributed by atoms with Crippen LogP contribution >= 0.6 is 0 Å². The zero-order valence-corrected chi connectivity index (χ0v) is 12.4. The number of benzene rings is 2. The molecule has 2 amide bonds. The first-order valence-electron chi connectivity index (χ1n) is 6.83. The van der Waals surface area contributed by atoms with Crippen molar-refractivity contribution in [2.24, 2.45) is 0 Å². The average Bonchev–Trinajstić information content (AvgIpc) is 2.55. The Morgan fingerprint density at radius 1 is 1.13 bits per heavy atom. The van der Waals surface area contributed by atoms with E-state index in [1.54, 1.807) is 24.3 Å². The maximum absolute atomic E-state index is 12.8. The summed E-state index contributed by atoms with van der Waals surface area (Å²) in [6, 6.07) is 13.7. The molecule has 6 heteroatoms. The smallest absolute Gasteiger partial charge is 0.244 e. The van der Waals surface area contributed by atoms with Crippen molar-refractivity contribution in [3.63, 3.8) is 0 Å². The quantitative estimate of drug-likeness (QED) is 0.943. The highest BCUT2D eigenvalue weighted by atomic mass is 19.1. The fourth-order valence-electron chi connectivity index (χ4n) is 1.98. The van der Waals surface area contributed by atoms with E-state index in [4.69, 9.17) is 5.26 Å². The van der Waals surface area contributed by atoms with E-state index in [2.05, 4.69) is 5.32 Å². The van der Waals surface area contributed by atoms with Crippen LogP contribution in [0, 0.1) is 17.1 Å². The highest BCUT2D eigenvalue weighted by Gasteiger charge is 2.16. The second-order valence-corrected chi connectivity index (χ2v) is 4.82. The minimum absolute atomic E-state index is 0.182. The summed E-state index contributed by atoms with van der Waals surface area (Å²) < 4.78 is 12.8. The number of hydrogen-bond donors (Lipinski definition) is 1. The Balaban J connectivity index is 2.09. The number of nitrogens with zero attached hydrogens (tertiary/aromatic N) is 2. The van der Waals surface area contributed by atoms with E-state index in [1.807, 2.05) is 6.07 Å². The number of anilines is 2. The van der Waals surface area contributed by atoms with E-state index < -0.39 is 11.7 Å². The van der Waals surface area contributed by atoms with Gasteiger partial charge in [-0.2, -0.15) is 5.26 Å². The van der Waals surface area contributed by atoms with Crippen molar-refractivity contribution in [1.82, 2.24) is 0 Å². The topological polar surface area (TPSA) is 73.2 Å². The Labute approximate surface area is 133 Å². The lowest BCUT2D eigenvalue weighted by Gasteiger charge is -2.20. The molecule has 2 aromatic carbocycles. The second-order valence-electron chi connectivity index (χ2n) is 4.82. The summed E-state index contributed by atoms with van der Waals surface area (Å²) in [5, 5.41) is 11.4. The highest BCUT2D eigenvalue weighted by molar-refractivity contribution is 6.01. The summed E-state index contributed by atoms with van der Waals surface area (Å²) in [6.07, 6.45) is 0. The van der Waals surface area contributed by atoms with Gasteiger partial charge in [0, 0.05) is 18.3 Å². The first-order valence-corrected chi connectivity index (χ1v) is 6.83. The lowest BCUT2D eigenvalue weighted by molar-refractivity contribution is -0.120. The largest absolute Gasteiger partial charge is 0.325 e. The molecule has 0 aliphatic carbocycles. The van der Waals surface area contributed by atoms with Crippen LogP contribution in [-0.4, -0.2) is 18.4 Å². The van der Waals surface area contributed by atoms with Crippen LogP contribution in [0.2, 0.25) is 0 Å². The van der Waals surface area contributed by atoms with Crippen molar-refractivity contribution in [3.05, 3.63) is 59.9 Å². The minimum Gasteiger partial charge on any atom is -0.325 e. The van der Waals surface area contributed by atoms with Gasteiger partial charge in [0.05, 0.1) is 11.6 Å². The molecule has 0 bridgehead atoms. The Morgan fingerprint density at radius 3 is 2.26 bits per heavy atom. The van der Waals surface area contributed by atoms with Crippen molar-refractivity contribution in [1.29, 1.82) is 5.26 Å². The molecule has 23 heavy (non-hydrogen) atoms. The number of amides is 2. The normalized spacial score (nSPS) is 9.78. The molecule has 0 unspecified atom stereocenters. The van der Waals surface area contributed by atoms with E-state index in [1.165, 1.54) is 36.1 Å². The van der Waals surface area contributed by atoms with Gasteiger partial charge in [-0.25, -0.2) is 4.39 Å². The third-order valence-corrected chi connectivity index (χ3v) is 3.12. The van der Waals surface area contributed by atoms with Gasteiger partial charge in [0.25, 0.3) is 0 Å². The van der Waals surface area contributed by atoms with Crippen LogP contribution in [0.3, 0.4) is 0 Å². The predicted octanol–water partition coefficient (Wildman–Crippen LogP) is 2.69. The van der Waals surface area contributed by atoms with Gasteiger partial charge in [-0.15, -0.1) is 0 Å². The molecule has 5 nitrogen and oxygen atoms in total. The molecule has 2 aromatic rings. The summed E-state index contributed by atoms with van der Waals surface area (Å²) in [4.78, 5) is 25.1. The zero-order chi connectivity index (χ0) is 16.8. The first-order chi connectivity index (χ1) is 11.0. The van der Waals surface area contributed by atoms with Gasteiger partial charge in [-0.1, -0.05) is 0 Å². The molecule has 2 rings (SSSR count). The van der Waals surface area contributed by atoms with Crippen LogP contribution in [0.1, 0.15) is 12.5 Å². The van der Waals surface area contributed by atoms with Crippen LogP contribution in [0.25, 0.3) is 0 Å². The molecule has 0 fully saturated rings. The maximum atomic E-state index is 12.8. The summed E-state index contributed by atoms with van der Waals surface area (Å²) in [7, 11) is 0. The van der Waals surface area contributed by atoms with Crippen molar-refractivity contribution in [3.8, 4) is 6.07 Å². The van der Waals surface area contributed by atoms with Gasteiger partial charge in [0.2, 0.25) is 11.8 Å². The lowest BCUT2D eigenvalue weighted by Crippen LogP contribution is -2.36. The molecule has 0 aliphatic rings. The van der Waals surface area contributed by atoms with Gasteiger partial charge in [0.15, 0.2) is 0 Å². The van der Waals surface area contributed by atoms with E-state index >= 15 is 0 Å². The van der Waals surface area contributed by atoms with E-state index in [0.29, 0.717) is 16.9 Å². The molecule has 0 aliphatic heterocycles. The molecule has 0 aromatic heterocycles. The molecule has 0 saturated carbocycles. The Morgan fingerprint density at radius 2 is 1.74 bits per heavy atom. The molecule has 0 saturated heterocycles. The second kappa shape index (κ2) is 7.18. The van der Waals surface area contributed by atoms with Gasteiger partial charge >= 0.3 is 0 Å².